The van der Waals surface area contributed by atoms with Gasteiger partial charge in [0.1, 0.15) is 0 Å². The first kappa shape index (κ1) is 13.4. The van der Waals surface area contributed by atoms with Gasteiger partial charge in [-0.2, -0.15) is 0 Å². The van der Waals surface area contributed by atoms with Crippen LogP contribution >= 0.6 is 0 Å². The van der Waals surface area contributed by atoms with Crippen molar-refractivity contribution in [2.24, 2.45) is 0 Å². The van der Waals surface area contributed by atoms with Crippen LogP contribution in [0.2, 0.25) is 30.3 Å². The molecule has 0 heterocycles. The molecule has 0 saturated carbocycles. The van der Waals surface area contributed by atoms with Gasteiger partial charge in [0.25, 0.3) is 0 Å². The smallest absolute Gasteiger partial charge is 0.0675 e. The molecule has 0 rings (SSSR count). The summed E-state index contributed by atoms with van der Waals surface area (Å²) in [6.07, 6.45) is 1.26. The van der Waals surface area contributed by atoms with Gasteiger partial charge in [-0.3, -0.25) is 0 Å². The molecule has 0 aromatic heterocycles. The zero-order chi connectivity index (χ0) is 10.7. The van der Waals surface area contributed by atoms with E-state index in [0.29, 0.717) is 4.66 Å². The van der Waals surface area contributed by atoms with Crippen LogP contribution in [0.25, 0.3) is 0 Å². The topological polar surface area (TPSA) is 12.0 Å². The average molecular weight is 216 g/mol. The van der Waals surface area contributed by atoms with E-state index < -0.39 is 8.07 Å². The van der Waals surface area contributed by atoms with Gasteiger partial charge >= 0.3 is 0 Å². The van der Waals surface area contributed by atoms with Crippen LogP contribution < -0.4 is 5.32 Å². The predicted molar refractivity (Wildman–Crippen MR) is 67.5 cm³/mol. The Balaban J connectivity index is 4.56. The molecule has 0 spiro atoms. The van der Waals surface area contributed by atoms with Gasteiger partial charge in [-0.05, 0) is 17.9 Å². The third-order valence-corrected chi connectivity index (χ3v) is 14.0. The monoisotopic (exact) mass is 216 g/mol. The van der Waals surface area contributed by atoms with Crippen molar-refractivity contribution in [3.63, 3.8) is 0 Å². The molecule has 0 aliphatic heterocycles. The highest BCUT2D eigenvalue weighted by molar-refractivity contribution is 6.92. The summed E-state index contributed by atoms with van der Waals surface area (Å²) in [4.78, 5) is 0. The van der Waals surface area contributed by atoms with Crippen LogP contribution in [0.5, 0.6) is 0 Å². The minimum absolute atomic E-state index is 0.218. The molecule has 0 fully saturated rings. The maximum absolute atomic E-state index is 3.36. The third-order valence-electron chi connectivity index (χ3n) is 3.58. The van der Waals surface area contributed by atoms with E-state index in [2.05, 4.69) is 52.8 Å². The maximum Gasteiger partial charge on any atom is 0.0675 e. The molecule has 79 valence electrons. The van der Waals surface area contributed by atoms with Crippen LogP contribution in [0.3, 0.4) is 0 Å². The van der Waals surface area contributed by atoms with Gasteiger partial charge in [0.2, 0.25) is 0 Å². The predicted octanol–water partition coefficient (Wildman–Crippen LogP) is 2.92. The van der Waals surface area contributed by atoms with E-state index in [0.717, 1.165) is 0 Å². The molecule has 1 radical (unpaired) electrons. The van der Waals surface area contributed by atoms with Crippen molar-refractivity contribution >= 4 is 16.9 Å². The van der Waals surface area contributed by atoms with Crippen molar-refractivity contribution in [1.29, 1.82) is 0 Å². The summed E-state index contributed by atoms with van der Waals surface area (Å²) in [6.45, 7) is 14.9. The SMILES string of the molecule is CC[Si](CNC)C(C)(C)[Si](C)(C)C. The van der Waals surface area contributed by atoms with Crippen LogP contribution in [-0.2, 0) is 0 Å². The highest BCUT2D eigenvalue weighted by atomic mass is 28.4. The van der Waals surface area contributed by atoms with Crippen LogP contribution in [0, 0.1) is 0 Å². The van der Waals surface area contributed by atoms with Gasteiger partial charge in [-0.15, -0.1) is 0 Å². The molecule has 0 aromatic rings. The quantitative estimate of drug-likeness (QED) is 0.697. The molecule has 1 N–H and O–H groups in total. The van der Waals surface area contributed by atoms with E-state index in [1.807, 2.05) is 0 Å². The molecule has 13 heavy (non-hydrogen) atoms. The molecule has 0 aromatic carbocycles. The summed E-state index contributed by atoms with van der Waals surface area (Å²) in [6, 6.07) is 1.39. The Hall–Kier alpha value is 0.394. The number of nitrogens with one attached hydrogen (secondary N) is 1. The normalized spacial score (nSPS) is 13.8. The maximum atomic E-state index is 3.36. The van der Waals surface area contributed by atoms with E-state index in [1.54, 1.807) is 0 Å². The van der Waals surface area contributed by atoms with Gasteiger partial charge < -0.3 is 5.32 Å². The summed E-state index contributed by atoms with van der Waals surface area (Å²) in [7, 11) is 0.865. The van der Waals surface area contributed by atoms with Gasteiger partial charge in [0.05, 0.1) is 8.80 Å². The summed E-state index contributed by atoms with van der Waals surface area (Å²) < 4.78 is 0.634. The molecule has 0 unspecified atom stereocenters. The molecular formula is C10H26NSi2. The van der Waals surface area contributed by atoms with E-state index in [-0.39, 0.29) is 8.80 Å². The molecule has 1 nitrogen and oxygen atoms in total. The van der Waals surface area contributed by atoms with Crippen molar-refractivity contribution in [1.82, 2.24) is 5.32 Å². The Kier molecular flexibility index (Phi) is 4.90. The van der Waals surface area contributed by atoms with Gasteiger partial charge in [0.15, 0.2) is 0 Å². The van der Waals surface area contributed by atoms with Crippen molar-refractivity contribution in [2.75, 3.05) is 13.2 Å². The minimum Gasteiger partial charge on any atom is -0.323 e. The fraction of sp³-hybridized carbons (Fsp3) is 1.00. The third kappa shape index (κ3) is 3.22. The van der Waals surface area contributed by atoms with E-state index in [9.17, 15) is 0 Å². The van der Waals surface area contributed by atoms with Gasteiger partial charge in [-0.25, -0.2) is 0 Å². The second-order valence-electron chi connectivity index (χ2n) is 5.36. The Bertz CT molecular complexity index is 149. The van der Waals surface area contributed by atoms with Crippen molar-refractivity contribution in [3.8, 4) is 0 Å². The lowest BCUT2D eigenvalue weighted by Crippen LogP contribution is -2.49. The van der Waals surface area contributed by atoms with Crippen LogP contribution in [-0.4, -0.2) is 30.1 Å². The van der Waals surface area contributed by atoms with E-state index in [1.165, 1.54) is 12.2 Å². The molecule has 0 atom stereocenters. The highest BCUT2D eigenvalue weighted by Crippen LogP contribution is 2.40. The van der Waals surface area contributed by atoms with Crippen LogP contribution in [0.15, 0.2) is 0 Å². The lowest BCUT2D eigenvalue weighted by molar-refractivity contribution is 0.830. The first-order chi connectivity index (χ1) is 5.77. The average Bonchev–Trinajstić information content (AvgIpc) is 1.97. The van der Waals surface area contributed by atoms with E-state index >= 15 is 0 Å². The van der Waals surface area contributed by atoms with Crippen molar-refractivity contribution < 1.29 is 0 Å². The Morgan fingerprint density at radius 1 is 1.23 bits per heavy atom. The Morgan fingerprint density at radius 2 is 1.69 bits per heavy atom. The molecule has 0 bridgehead atoms. The van der Waals surface area contributed by atoms with E-state index in [4.69, 9.17) is 0 Å². The molecule has 0 aliphatic rings. The second kappa shape index (κ2) is 4.76. The van der Waals surface area contributed by atoms with Gasteiger partial charge in [-0.1, -0.05) is 46.5 Å². The minimum atomic E-state index is -1.00. The molecule has 3 heteroatoms. The highest BCUT2D eigenvalue weighted by Gasteiger charge is 2.40. The van der Waals surface area contributed by atoms with Crippen molar-refractivity contribution in [3.05, 3.63) is 0 Å². The fourth-order valence-corrected chi connectivity index (χ4v) is 8.57. The molecule has 0 aliphatic carbocycles. The first-order valence-corrected chi connectivity index (χ1v) is 10.7. The molecule has 0 amide bonds. The van der Waals surface area contributed by atoms with Gasteiger partial charge in [0, 0.05) is 8.07 Å². The van der Waals surface area contributed by atoms with Crippen molar-refractivity contribution in [2.45, 2.75) is 51.1 Å². The molecule has 0 saturated heterocycles. The number of hydrogen-bond acceptors (Lipinski definition) is 1. The Morgan fingerprint density at radius 3 is 1.92 bits per heavy atom. The summed E-state index contributed by atoms with van der Waals surface area (Å²) >= 11 is 0. The largest absolute Gasteiger partial charge is 0.323 e. The van der Waals surface area contributed by atoms with Crippen LogP contribution in [0.1, 0.15) is 20.8 Å². The number of rotatable bonds is 5. The number of hydrogen-bond donors (Lipinski definition) is 1. The second-order valence-corrected chi connectivity index (χ2v) is 15.1. The zero-order valence-electron chi connectivity index (χ0n) is 10.4. The first-order valence-electron chi connectivity index (χ1n) is 5.27. The summed E-state index contributed by atoms with van der Waals surface area (Å²) in [5.74, 6) is 0. The van der Waals surface area contributed by atoms with Crippen LogP contribution in [0.4, 0.5) is 0 Å². The Labute approximate surface area is 86.9 Å². The standard InChI is InChI=1S/C10H26NSi2/c1-8-12(9-11-4)10(2,3)13(5,6)7/h11H,8-9H2,1-7H3. The summed E-state index contributed by atoms with van der Waals surface area (Å²) in [5.41, 5.74) is 0. The fourth-order valence-electron chi connectivity index (χ4n) is 1.53. The molecular weight excluding hydrogens is 190 g/mol. The lowest BCUT2D eigenvalue weighted by Gasteiger charge is -2.42. The summed E-state index contributed by atoms with van der Waals surface area (Å²) in [5, 5.41) is 3.36. The zero-order valence-corrected chi connectivity index (χ0v) is 12.4. The lowest BCUT2D eigenvalue weighted by atomic mass is 10.5.